The molecule has 18 heavy (non-hydrogen) atoms. The normalized spacial score (nSPS) is 22.2. The van der Waals surface area contributed by atoms with E-state index < -0.39 is 17.5 Å². The SMILES string of the molecule is FC(F)(F)c1cccc2c1CC1(CC2)OCCO1. The maximum atomic E-state index is 13.0. The Labute approximate surface area is 103 Å². The summed E-state index contributed by atoms with van der Waals surface area (Å²) >= 11 is 0. The Balaban J connectivity index is 2.02. The highest BCUT2D eigenvalue weighted by Gasteiger charge is 2.43. The lowest BCUT2D eigenvalue weighted by Crippen LogP contribution is -2.38. The Bertz CT molecular complexity index is 462. The maximum absolute atomic E-state index is 13.0. The van der Waals surface area contributed by atoms with Gasteiger partial charge in [0.1, 0.15) is 0 Å². The standard InChI is InChI=1S/C13H13F3O2/c14-13(15,16)11-3-1-2-9-4-5-12(8-10(9)11)17-6-7-18-12/h1-3H,4-8H2. The molecule has 2 nitrogen and oxygen atoms in total. The van der Waals surface area contributed by atoms with Gasteiger partial charge < -0.3 is 9.47 Å². The first-order chi connectivity index (χ1) is 8.50. The van der Waals surface area contributed by atoms with Gasteiger partial charge in [-0.1, -0.05) is 12.1 Å². The van der Waals surface area contributed by atoms with E-state index in [0.717, 1.165) is 11.6 Å². The molecular weight excluding hydrogens is 245 g/mol. The number of hydrogen-bond donors (Lipinski definition) is 0. The van der Waals surface area contributed by atoms with Crippen LogP contribution in [0.3, 0.4) is 0 Å². The van der Waals surface area contributed by atoms with Crippen LogP contribution in [0, 0.1) is 0 Å². The predicted molar refractivity (Wildman–Crippen MR) is 58.1 cm³/mol. The van der Waals surface area contributed by atoms with Crippen molar-refractivity contribution in [1.82, 2.24) is 0 Å². The van der Waals surface area contributed by atoms with E-state index in [4.69, 9.17) is 9.47 Å². The lowest BCUT2D eigenvalue weighted by atomic mass is 9.84. The maximum Gasteiger partial charge on any atom is 0.416 e. The molecule has 1 heterocycles. The van der Waals surface area contributed by atoms with E-state index in [-0.39, 0.29) is 6.42 Å². The summed E-state index contributed by atoms with van der Waals surface area (Å²) < 4.78 is 49.9. The number of rotatable bonds is 0. The van der Waals surface area contributed by atoms with Crippen LogP contribution < -0.4 is 0 Å². The Hall–Kier alpha value is -1.07. The number of aryl methyl sites for hydroxylation is 1. The fourth-order valence-corrected chi connectivity index (χ4v) is 2.77. The second kappa shape index (κ2) is 3.96. The summed E-state index contributed by atoms with van der Waals surface area (Å²) in [5.41, 5.74) is 0.533. The minimum absolute atomic E-state index is 0.192. The van der Waals surface area contributed by atoms with Gasteiger partial charge in [-0.15, -0.1) is 0 Å². The summed E-state index contributed by atoms with van der Waals surface area (Å²) in [6.07, 6.45) is -2.93. The molecule has 1 aliphatic heterocycles. The van der Waals surface area contributed by atoms with Crippen molar-refractivity contribution in [3.8, 4) is 0 Å². The van der Waals surface area contributed by atoms with Crippen molar-refractivity contribution < 1.29 is 22.6 Å². The lowest BCUT2D eigenvalue weighted by molar-refractivity contribution is -0.167. The van der Waals surface area contributed by atoms with E-state index in [0.29, 0.717) is 31.6 Å². The van der Waals surface area contributed by atoms with Crippen LogP contribution >= 0.6 is 0 Å². The van der Waals surface area contributed by atoms with Gasteiger partial charge in [-0.2, -0.15) is 13.2 Å². The van der Waals surface area contributed by atoms with Crippen molar-refractivity contribution in [3.05, 3.63) is 34.9 Å². The Morgan fingerprint density at radius 2 is 1.83 bits per heavy atom. The van der Waals surface area contributed by atoms with Gasteiger partial charge in [-0.05, 0) is 23.6 Å². The molecule has 1 fully saturated rings. The molecule has 0 saturated carbocycles. The van der Waals surface area contributed by atoms with Crippen LogP contribution in [-0.2, 0) is 28.5 Å². The van der Waals surface area contributed by atoms with Crippen molar-refractivity contribution in [2.24, 2.45) is 0 Å². The van der Waals surface area contributed by atoms with E-state index in [1.54, 1.807) is 6.07 Å². The predicted octanol–water partition coefficient (Wildman–Crippen LogP) is 2.94. The van der Waals surface area contributed by atoms with Crippen LogP contribution in [0.5, 0.6) is 0 Å². The highest BCUT2D eigenvalue weighted by molar-refractivity contribution is 5.40. The van der Waals surface area contributed by atoms with E-state index in [9.17, 15) is 13.2 Å². The Morgan fingerprint density at radius 3 is 2.50 bits per heavy atom. The summed E-state index contributed by atoms with van der Waals surface area (Å²) in [6.45, 7) is 0.924. The molecule has 5 heteroatoms. The number of alkyl halides is 3. The van der Waals surface area contributed by atoms with Crippen molar-refractivity contribution in [2.75, 3.05) is 13.2 Å². The van der Waals surface area contributed by atoms with Gasteiger partial charge in [-0.25, -0.2) is 0 Å². The van der Waals surface area contributed by atoms with Crippen molar-refractivity contribution in [3.63, 3.8) is 0 Å². The number of ether oxygens (including phenoxy) is 2. The number of benzene rings is 1. The summed E-state index contributed by atoms with van der Waals surface area (Å²) in [5.74, 6) is -0.825. The molecule has 1 aromatic rings. The molecule has 0 bridgehead atoms. The monoisotopic (exact) mass is 258 g/mol. The van der Waals surface area contributed by atoms with Crippen LogP contribution in [0.1, 0.15) is 23.1 Å². The molecule has 0 aromatic heterocycles. The van der Waals surface area contributed by atoms with Gasteiger partial charge in [0.15, 0.2) is 5.79 Å². The van der Waals surface area contributed by atoms with E-state index in [2.05, 4.69) is 0 Å². The van der Waals surface area contributed by atoms with Crippen LogP contribution in [0.2, 0.25) is 0 Å². The third kappa shape index (κ3) is 1.91. The Kier molecular flexibility index (Phi) is 2.64. The number of hydrogen-bond acceptors (Lipinski definition) is 2. The van der Waals surface area contributed by atoms with Gasteiger partial charge in [0.25, 0.3) is 0 Å². The second-order valence-corrected chi connectivity index (χ2v) is 4.73. The third-order valence-electron chi connectivity index (χ3n) is 3.61. The van der Waals surface area contributed by atoms with Gasteiger partial charge in [0.2, 0.25) is 0 Å². The molecule has 0 atom stereocenters. The fraction of sp³-hybridized carbons (Fsp3) is 0.538. The minimum Gasteiger partial charge on any atom is -0.347 e. The molecule has 3 rings (SSSR count). The van der Waals surface area contributed by atoms with Crippen LogP contribution in [-0.4, -0.2) is 19.0 Å². The summed E-state index contributed by atoms with van der Waals surface area (Å²) in [6, 6.07) is 4.36. The fourth-order valence-electron chi connectivity index (χ4n) is 2.77. The third-order valence-corrected chi connectivity index (χ3v) is 3.61. The average Bonchev–Trinajstić information content (AvgIpc) is 2.75. The zero-order valence-electron chi connectivity index (χ0n) is 9.72. The number of halogens is 3. The molecular formula is C13H13F3O2. The molecule has 1 saturated heterocycles. The van der Waals surface area contributed by atoms with E-state index >= 15 is 0 Å². The molecule has 0 unspecified atom stereocenters. The highest BCUT2D eigenvalue weighted by atomic mass is 19.4. The van der Waals surface area contributed by atoms with Crippen LogP contribution in [0.25, 0.3) is 0 Å². The highest BCUT2D eigenvalue weighted by Crippen LogP contribution is 2.41. The van der Waals surface area contributed by atoms with E-state index in [1.807, 2.05) is 0 Å². The molecule has 1 aliphatic carbocycles. The lowest BCUT2D eigenvalue weighted by Gasteiger charge is -2.34. The summed E-state index contributed by atoms with van der Waals surface area (Å²) in [7, 11) is 0. The van der Waals surface area contributed by atoms with Gasteiger partial charge >= 0.3 is 6.18 Å². The van der Waals surface area contributed by atoms with Gasteiger partial charge in [0.05, 0.1) is 18.8 Å². The Morgan fingerprint density at radius 1 is 1.11 bits per heavy atom. The molecule has 0 N–H and O–H groups in total. The topological polar surface area (TPSA) is 18.5 Å². The van der Waals surface area contributed by atoms with Crippen LogP contribution in [0.15, 0.2) is 18.2 Å². The quantitative estimate of drug-likeness (QED) is 0.712. The zero-order valence-corrected chi connectivity index (χ0v) is 9.72. The largest absolute Gasteiger partial charge is 0.416 e. The average molecular weight is 258 g/mol. The van der Waals surface area contributed by atoms with Crippen LogP contribution in [0.4, 0.5) is 13.2 Å². The van der Waals surface area contributed by atoms with Gasteiger partial charge in [0, 0.05) is 12.8 Å². The molecule has 0 radical (unpaired) electrons. The van der Waals surface area contributed by atoms with Crippen molar-refractivity contribution in [1.29, 1.82) is 0 Å². The van der Waals surface area contributed by atoms with E-state index in [1.165, 1.54) is 6.07 Å². The molecule has 0 amide bonds. The smallest absolute Gasteiger partial charge is 0.347 e. The van der Waals surface area contributed by atoms with Gasteiger partial charge in [-0.3, -0.25) is 0 Å². The number of fused-ring (bicyclic) bond motifs is 1. The molecule has 2 aliphatic rings. The summed E-state index contributed by atoms with van der Waals surface area (Å²) in [5, 5.41) is 0. The first-order valence-corrected chi connectivity index (χ1v) is 5.96. The first-order valence-electron chi connectivity index (χ1n) is 5.96. The van der Waals surface area contributed by atoms with Crippen molar-refractivity contribution >= 4 is 0 Å². The first kappa shape index (κ1) is 12.0. The molecule has 98 valence electrons. The summed E-state index contributed by atoms with van der Waals surface area (Å²) in [4.78, 5) is 0. The molecule has 1 spiro atoms. The zero-order chi connectivity index (χ0) is 12.8. The molecule has 1 aromatic carbocycles. The second-order valence-electron chi connectivity index (χ2n) is 4.73. The minimum atomic E-state index is -4.32. The van der Waals surface area contributed by atoms with Crippen molar-refractivity contribution in [2.45, 2.75) is 31.2 Å².